The molecule has 0 heterocycles. The molecule has 0 nitrogen and oxygen atoms in total. The van der Waals surface area contributed by atoms with Crippen LogP contribution in [0.3, 0.4) is 0 Å². The van der Waals surface area contributed by atoms with Crippen LogP contribution < -0.4 is 0 Å². The van der Waals surface area contributed by atoms with E-state index in [-0.39, 0.29) is 0 Å². The minimum atomic E-state index is 0.714. The summed E-state index contributed by atoms with van der Waals surface area (Å²) in [5.41, 5.74) is 1.48. The first kappa shape index (κ1) is 11.6. The molecule has 0 radical (unpaired) electrons. The van der Waals surface area contributed by atoms with Gasteiger partial charge in [-0.05, 0) is 36.3 Å². The van der Waals surface area contributed by atoms with Crippen LogP contribution in [-0.2, 0) is 0 Å². The van der Waals surface area contributed by atoms with Gasteiger partial charge in [0.25, 0.3) is 0 Å². The Kier molecular flexibility index (Phi) is 5.10. The molecule has 0 N–H and O–H groups in total. The lowest BCUT2D eigenvalue weighted by Gasteiger charge is -2.11. The molecule has 1 heteroatoms. The van der Waals surface area contributed by atoms with Gasteiger partial charge in [-0.1, -0.05) is 38.8 Å². The lowest BCUT2D eigenvalue weighted by molar-refractivity contribution is 0.624. The molecule has 1 aromatic rings. The predicted octanol–water partition coefficient (Wildman–Crippen LogP) is 4.70. The number of unbranched alkanes of at least 4 members (excludes halogenated alkanes) is 1. The Bertz CT molecular complexity index is 250. The molecule has 0 saturated heterocycles. The topological polar surface area (TPSA) is 0 Å². The molecule has 0 aliphatic rings. The highest BCUT2D eigenvalue weighted by atomic mass is 32.2. The van der Waals surface area contributed by atoms with Crippen molar-refractivity contribution in [3.63, 3.8) is 0 Å². The minimum Gasteiger partial charge on any atom is -0.130 e. The van der Waals surface area contributed by atoms with E-state index in [1.165, 1.54) is 29.7 Å². The zero-order valence-corrected chi connectivity index (χ0v) is 10.2. The summed E-state index contributed by atoms with van der Waals surface area (Å²) in [7, 11) is 0. The third-order valence-electron chi connectivity index (χ3n) is 2.68. The summed E-state index contributed by atoms with van der Waals surface area (Å²) in [6.07, 6.45) is 6.07. The van der Waals surface area contributed by atoms with Crippen molar-refractivity contribution in [3.8, 4) is 0 Å². The van der Waals surface area contributed by atoms with Crippen LogP contribution in [0.2, 0.25) is 0 Å². The van der Waals surface area contributed by atoms with Crippen LogP contribution in [0.4, 0.5) is 0 Å². The molecule has 78 valence electrons. The van der Waals surface area contributed by atoms with E-state index >= 15 is 0 Å². The molecule has 1 aromatic carbocycles. The van der Waals surface area contributed by atoms with Gasteiger partial charge in [0.2, 0.25) is 0 Å². The lowest BCUT2D eigenvalue weighted by Crippen LogP contribution is -1.92. The van der Waals surface area contributed by atoms with Gasteiger partial charge in [-0.25, -0.2) is 0 Å². The molecule has 0 fully saturated rings. The van der Waals surface area contributed by atoms with Gasteiger partial charge in [-0.15, -0.1) is 11.8 Å². The summed E-state index contributed by atoms with van der Waals surface area (Å²) in [5, 5.41) is 0. The Morgan fingerprint density at radius 2 is 1.86 bits per heavy atom. The van der Waals surface area contributed by atoms with E-state index in [0.29, 0.717) is 5.92 Å². The van der Waals surface area contributed by atoms with Crippen molar-refractivity contribution in [2.75, 3.05) is 6.26 Å². The highest BCUT2D eigenvalue weighted by Crippen LogP contribution is 2.23. The SMILES string of the molecule is CCCC[C@H](C)c1ccc(SC)cc1. The van der Waals surface area contributed by atoms with E-state index in [4.69, 9.17) is 0 Å². The maximum atomic E-state index is 2.32. The van der Waals surface area contributed by atoms with Gasteiger partial charge >= 0.3 is 0 Å². The van der Waals surface area contributed by atoms with Gasteiger partial charge < -0.3 is 0 Å². The standard InChI is InChI=1S/C13H20S/c1-4-5-6-11(2)12-7-9-13(14-3)10-8-12/h7-11H,4-6H2,1-3H3/t11-/m0/s1. The number of benzene rings is 1. The highest BCUT2D eigenvalue weighted by molar-refractivity contribution is 7.98. The molecule has 0 bridgehead atoms. The van der Waals surface area contributed by atoms with Crippen molar-refractivity contribution in [3.05, 3.63) is 29.8 Å². The highest BCUT2D eigenvalue weighted by Gasteiger charge is 2.03. The average molecular weight is 208 g/mol. The molecule has 0 aliphatic carbocycles. The van der Waals surface area contributed by atoms with Crippen molar-refractivity contribution in [1.29, 1.82) is 0 Å². The van der Waals surface area contributed by atoms with E-state index in [0.717, 1.165) is 0 Å². The first-order valence-corrected chi connectivity index (χ1v) is 6.64. The van der Waals surface area contributed by atoms with Crippen LogP contribution in [-0.4, -0.2) is 6.26 Å². The Morgan fingerprint density at radius 1 is 1.21 bits per heavy atom. The molecular formula is C13H20S. The molecule has 0 unspecified atom stereocenters. The average Bonchev–Trinajstić information content (AvgIpc) is 2.26. The van der Waals surface area contributed by atoms with Crippen LogP contribution in [0, 0.1) is 0 Å². The second-order valence-corrected chi connectivity index (χ2v) is 4.70. The monoisotopic (exact) mass is 208 g/mol. The fourth-order valence-corrected chi connectivity index (χ4v) is 2.02. The van der Waals surface area contributed by atoms with Gasteiger partial charge in [-0.3, -0.25) is 0 Å². The van der Waals surface area contributed by atoms with Crippen molar-refractivity contribution in [2.45, 2.75) is 43.9 Å². The van der Waals surface area contributed by atoms with Gasteiger partial charge in [0.05, 0.1) is 0 Å². The third kappa shape index (κ3) is 3.38. The van der Waals surface area contributed by atoms with Crippen LogP contribution in [0.5, 0.6) is 0 Å². The number of hydrogen-bond acceptors (Lipinski definition) is 1. The molecule has 14 heavy (non-hydrogen) atoms. The third-order valence-corrected chi connectivity index (χ3v) is 3.42. The van der Waals surface area contributed by atoms with Gasteiger partial charge in [0.15, 0.2) is 0 Å². The quantitative estimate of drug-likeness (QED) is 0.632. The fraction of sp³-hybridized carbons (Fsp3) is 0.538. The maximum Gasteiger partial charge on any atom is 0.00693 e. The van der Waals surface area contributed by atoms with Gasteiger partial charge in [-0.2, -0.15) is 0 Å². The molecule has 0 aliphatic heterocycles. The van der Waals surface area contributed by atoms with E-state index < -0.39 is 0 Å². The molecule has 0 saturated carbocycles. The summed E-state index contributed by atoms with van der Waals surface area (Å²) in [4.78, 5) is 1.36. The second-order valence-electron chi connectivity index (χ2n) is 3.82. The second kappa shape index (κ2) is 6.13. The van der Waals surface area contributed by atoms with E-state index in [1.807, 2.05) is 11.8 Å². The molecule has 1 atom stereocenters. The lowest BCUT2D eigenvalue weighted by atomic mass is 9.96. The van der Waals surface area contributed by atoms with Crippen LogP contribution in [0.1, 0.15) is 44.6 Å². The number of hydrogen-bond donors (Lipinski definition) is 0. The first-order valence-electron chi connectivity index (χ1n) is 5.42. The van der Waals surface area contributed by atoms with Crippen molar-refractivity contribution >= 4 is 11.8 Å². The summed E-state index contributed by atoms with van der Waals surface area (Å²) in [6, 6.07) is 8.99. The van der Waals surface area contributed by atoms with Gasteiger partial charge in [0, 0.05) is 4.90 Å². The van der Waals surface area contributed by atoms with Crippen molar-refractivity contribution in [2.24, 2.45) is 0 Å². The number of thioether (sulfide) groups is 1. The van der Waals surface area contributed by atoms with Crippen LogP contribution in [0.15, 0.2) is 29.2 Å². The van der Waals surface area contributed by atoms with Crippen molar-refractivity contribution < 1.29 is 0 Å². The zero-order valence-electron chi connectivity index (χ0n) is 9.42. The Labute approximate surface area is 92.1 Å². The van der Waals surface area contributed by atoms with Crippen LogP contribution >= 0.6 is 11.8 Å². The normalized spacial score (nSPS) is 12.8. The summed E-state index contributed by atoms with van der Waals surface area (Å²) in [5.74, 6) is 0.714. The van der Waals surface area contributed by atoms with E-state index in [9.17, 15) is 0 Å². The zero-order chi connectivity index (χ0) is 10.4. The Balaban J connectivity index is 2.57. The van der Waals surface area contributed by atoms with Crippen molar-refractivity contribution in [1.82, 2.24) is 0 Å². The van der Waals surface area contributed by atoms with E-state index in [2.05, 4.69) is 44.4 Å². The van der Waals surface area contributed by atoms with Gasteiger partial charge in [0.1, 0.15) is 0 Å². The number of rotatable bonds is 5. The molecule has 0 aromatic heterocycles. The summed E-state index contributed by atoms with van der Waals surface area (Å²) < 4.78 is 0. The minimum absolute atomic E-state index is 0.714. The largest absolute Gasteiger partial charge is 0.130 e. The smallest absolute Gasteiger partial charge is 0.00693 e. The molecule has 0 spiro atoms. The maximum absolute atomic E-state index is 2.32. The first-order chi connectivity index (χ1) is 6.77. The Hall–Kier alpha value is -0.430. The fourth-order valence-electron chi connectivity index (χ4n) is 1.61. The summed E-state index contributed by atoms with van der Waals surface area (Å²) in [6.45, 7) is 4.58. The molecule has 1 rings (SSSR count). The molecular weight excluding hydrogens is 188 g/mol. The van der Waals surface area contributed by atoms with E-state index in [1.54, 1.807) is 0 Å². The predicted molar refractivity (Wildman–Crippen MR) is 66.2 cm³/mol. The van der Waals surface area contributed by atoms with Crippen LogP contribution in [0.25, 0.3) is 0 Å². The molecule has 0 amide bonds. The summed E-state index contributed by atoms with van der Waals surface area (Å²) >= 11 is 1.81. The Morgan fingerprint density at radius 3 is 2.36 bits per heavy atom.